The van der Waals surface area contributed by atoms with Crippen LogP contribution in [-0.4, -0.2) is 22.5 Å². The number of halogens is 1. The van der Waals surface area contributed by atoms with Crippen LogP contribution in [0.2, 0.25) is 0 Å². The van der Waals surface area contributed by atoms with E-state index in [1.165, 1.54) is 11.3 Å². The van der Waals surface area contributed by atoms with Crippen LogP contribution in [0, 0.1) is 0 Å². The number of rotatable bonds is 5. The van der Waals surface area contributed by atoms with E-state index < -0.39 is 0 Å². The van der Waals surface area contributed by atoms with Gasteiger partial charge in [0.05, 0.1) is 31.1 Å². The van der Waals surface area contributed by atoms with E-state index in [1.807, 2.05) is 17.1 Å². The van der Waals surface area contributed by atoms with Gasteiger partial charge < -0.3 is 10.1 Å². The second kappa shape index (κ2) is 6.07. The van der Waals surface area contributed by atoms with E-state index in [0.29, 0.717) is 6.10 Å². The second-order valence-electron chi connectivity index (χ2n) is 4.63. The van der Waals surface area contributed by atoms with E-state index in [9.17, 15) is 0 Å². The summed E-state index contributed by atoms with van der Waals surface area (Å²) >= 11 is 5.28. The van der Waals surface area contributed by atoms with Crippen molar-refractivity contribution in [2.24, 2.45) is 0 Å². The molecule has 1 atom stereocenters. The molecule has 2 aromatic heterocycles. The number of nitrogens with zero attached hydrogens (tertiary/aromatic N) is 2. The van der Waals surface area contributed by atoms with Gasteiger partial charge in [-0.3, -0.25) is 4.68 Å². The van der Waals surface area contributed by atoms with Crippen LogP contribution in [0.1, 0.15) is 17.7 Å². The number of anilines is 1. The molecule has 0 aliphatic carbocycles. The summed E-state index contributed by atoms with van der Waals surface area (Å²) in [4.78, 5) is 1.30. The molecule has 19 heavy (non-hydrogen) atoms. The molecule has 0 bridgehead atoms. The van der Waals surface area contributed by atoms with Gasteiger partial charge in [0.25, 0.3) is 0 Å². The van der Waals surface area contributed by atoms with Crippen molar-refractivity contribution in [1.82, 2.24) is 9.78 Å². The van der Waals surface area contributed by atoms with Crippen LogP contribution in [0.15, 0.2) is 28.3 Å². The van der Waals surface area contributed by atoms with Crippen LogP contribution in [0.4, 0.5) is 5.69 Å². The Labute approximate surface area is 124 Å². The first-order valence-electron chi connectivity index (χ1n) is 6.41. The molecule has 1 aliphatic heterocycles. The van der Waals surface area contributed by atoms with Gasteiger partial charge in [-0.1, -0.05) is 0 Å². The summed E-state index contributed by atoms with van der Waals surface area (Å²) in [6, 6.07) is 2.07. The maximum absolute atomic E-state index is 5.61. The van der Waals surface area contributed by atoms with Gasteiger partial charge in [-0.15, -0.1) is 11.3 Å². The first-order chi connectivity index (χ1) is 9.31. The van der Waals surface area contributed by atoms with Crippen molar-refractivity contribution in [1.29, 1.82) is 0 Å². The molecule has 1 fully saturated rings. The highest BCUT2D eigenvalue weighted by Crippen LogP contribution is 2.23. The van der Waals surface area contributed by atoms with Crippen LogP contribution >= 0.6 is 27.3 Å². The molecule has 0 amide bonds. The summed E-state index contributed by atoms with van der Waals surface area (Å²) in [5.41, 5.74) is 1.05. The van der Waals surface area contributed by atoms with E-state index in [-0.39, 0.29) is 0 Å². The minimum Gasteiger partial charge on any atom is -0.378 e. The van der Waals surface area contributed by atoms with Gasteiger partial charge in [0.1, 0.15) is 0 Å². The fraction of sp³-hybridized carbons (Fsp3) is 0.462. The van der Waals surface area contributed by atoms with Crippen LogP contribution in [0.3, 0.4) is 0 Å². The number of hydrogen-bond donors (Lipinski definition) is 1. The monoisotopic (exact) mass is 341 g/mol. The Morgan fingerprint density at radius 2 is 2.53 bits per heavy atom. The molecule has 2 aromatic rings. The number of thiophene rings is 1. The molecule has 0 radical (unpaired) electrons. The molecule has 1 aliphatic rings. The quantitative estimate of drug-likeness (QED) is 0.904. The topological polar surface area (TPSA) is 39.1 Å². The number of aromatic nitrogens is 2. The maximum Gasteiger partial charge on any atom is 0.0771 e. The normalized spacial score (nSPS) is 18.9. The van der Waals surface area contributed by atoms with Gasteiger partial charge in [0.15, 0.2) is 0 Å². The molecular formula is C13H16BrN3OS. The summed E-state index contributed by atoms with van der Waals surface area (Å²) in [6.45, 7) is 2.57. The average Bonchev–Trinajstić information content (AvgIpc) is 3.10. The lowest BCUT2D eigenvalue weighted by Gasteiger charge is -2.08. The first kappa shape index (κ1) is 13.1. The zero-order chi connectivity index (χ0) is 13.1. The Morgan fingerprint density at radius 3 is 3.26 bits per heavy atom. The first-order valence-corrected chi connectivity index (χ1v) is 8.08. The second-order valence-corrected chi connectivity index (χ2v) is 6.49. The highest BCUT2D eigenvalue weighted by Gasteiger charge is 2.16. The van der Waals surface area contributed by atoms with E-state index in [4.69, 9.17) is 4.74 Å². The molecule has 3 rings (SSSR count). The Kier molecular flexibility index (Phi) is 4.20. The third-order valence-electron chi connectivity index (χ3n) is 3.19. The van der Waals surface area contributed by atoms with Gasteiger partial charge >= 0.3 is 0 Å². The van der Waals surface area contributed by atoms with E-state index >= 15 is 0 Å². The van der Waals surface area contributed by atoms with Crippen LogP contribution < -0.4 is 5.32 Å². The Hall–Kier alpha value is -0.850. The third kappa shape index (κ3) is 3.38. The van der Waals surface area contributed by atoms with Gasteiger partial charge in [-0.25, -0.2) is 0 Å². The molecule has 3 heterocycles. The van der Waals surface area contributed by atoms with Gasteiger partial charge in [0, 0.05) is 22.2 Å². The average molecular weight is 342 g/mol. The molecule has 102 valence electrons. The maximum atomic E-state index is 5.61. The summed E-state index contributed by atoms with van der Waals surface area (Å²) in [5.74, 6) is 0. The molecule has 0 spiro atoms. The van der Waals surface area contributed by atoms with Gasteiger partial charge in [-0.2, -0.15) is 5.10 Å². The Bertz CT molecular complexity index is 533. The zero-order valence-electron chi connectivity index (χ0n) is 10.5. The van der Waals surface area contributed by atoms with E-state index in [2.05, 4.69) is 37.8 Å². The van der Waals surface area contributed by atoms with Crippen molar-refractivity contribution >= 4 is 33.0 Å². The summed E-state index contributed by atoms with van der Waals surface area (Å²) in [5, 5.41) is 9.84. The van der Waals surface area contributed by atoms with Crippen molar-refractivity contribution in [2.75, 3.05) is 11.9 Å². The molecule has 1 N–H and O–H groups in total. The molecule has 0 saturated carbocycles. The van der Waals surface area contributed by atoms with E-state index in [0.717, 1.165) is 36.3 Å². The third-order valence-corrected chi connectivity index (χ3v) is 5.12. The highest BCUT2D eigenvalue weighted by atomic mass is 79.9. The van der Waals surface area contributed by atoms with Crippen molar-refractivity contribution in [2.45, 2.75) is 32.0 Å². The highest BCUT2D eigenvalue weighted by molar-refractivity contribution is 9.10. The molecule has 1 saturated heterocycles. The lowest BCUT2D eigenvalue weighted by molar-refractivity contribution is 0.0940. The molecule has 4 nitrogen and oxygen atoms in total. The fourth-order valence-corrected chi connectivity index (χ4v) is 3.62. The summed E-state index contributed by atoms with van der Waals surface area (Å²) in [6.07, 6.45) is 6.56. The summed E-state index contributed by atoms with van der Waals surface area (Å²) < 4.78 is 8.74. The van der Waals surface area contributed by atoms with Crippen molar-refractivity contribution < 1.29 is 4.74 Å². The number of ether oxygens (including phenoxy) is 1. The van der Waals surface area contributed by atoms with Crippen molar-refractivity contribution in [3.63, 3.8) is 0 Å². The van der Waals surface area contributed by atoms with Crippen molar-refractivity contribution in [3.8, 4) is 0 Å². The molecule has 1 unspecified atom stereocenters. The Morgan fingerprint density at radius 1 is 1.58 bits per heavy atom. The molecule has 0 aromatic carbocycles. The molecular weight excluding hydrogens is 326 g/mol. The van der Waals surface area contributed by atoms with Gasteiger partial charge in [-0.05, 0) is 40.2 Å². The lowest BCUT2D eigenvalue weighted by Crippen LogP contribution is -2.15. The Balaban J connectivity index is 1.54. The van der Waals surface area contributed by atoms with E-state index in [1.54, 1.807) is 11.3 Å². The van der Waals surface area contributed by atoms with Crippen LogP contribution in [-0.2, 0) is 17.8 Å². The minimum absolute atomic E-state index is 0.333. The number of nitrogens with one attached hydrogen (secondary N) is 1. The van der Waals surface area contributed by atoms with Crippen LogP contribution in [0.25, 0.3) is 0 Å². The smallest absolute Gasteiger partial charge is 0.0771 e. The number of hydrogen-bond acceptors (Lipinski definition) is 4. The van der Waals surface area contributed by atoms with Gasteiger partial charge in [0.2, 0.25) is 0 Å². The predicted molar refractivity (Wildman–Crippen MR) is 80.5 cm³/mol. The van der Waals surface area contributed by atoms with Crippen molar-refractivity contribution in [3.05, 3.63) is 33.2 Å². The minimum atomic E-state index is 0.333. The fourth-order valence-electron chi connectivity index (χ4n) is 2.19. The lowest BCUT2D eigenvalue weighted by atomic mass is 10.2. The largest absolute Gasteiger partial charge is 0.378 e. The molecule has 6 heteroatoms. The summed E-state index contributed by atoms with van der Waals surface area (Å²) in [7, 11) is 0. The zero-order valence-corrected chi connectivity index (χ0v) is 12.9. The SMILES string of the molecule is Brc1ccsc1CNc1cnn(CC2CCCO2)c1. The standard InChI is InChI=1S/C13H16BrN3OS/c14-12-3-5-19-13(12)7-15-10-6-16-17(8-10)9-11-2-1-4-18-11/h3,5-6,8,11,15H,1-2,4,7,9H2. The van der Waals surface area contributed by atoms with Crippen LogP contribution in [0.5, 0.6) is 0 Å². The predicted octanol–water partition coefficient (Wildman–Crippen LogP) is 3.50.